The minimum absolute atomic E-state index is 0.374. The lowest BCUT2D eigenvalue weighted by atomic mass is 9.96. The van der Waals surface area contributed by atoms with E-state index in [0.717, 1.165) is 24.3 Å². The molecule has 0 radical (unpaired) electrons. The summed E-state index contributed by atoms with van der Waals surface area (Å²) in [4.78, 5) is 12.1. The second kappa shape index (κ2) is 5.97. The van der Waals surface area contributed by atoms with Gasteiger partial charge < -0.3 is 4.90 Å². The van der Waals surface area contributed by atoms with Crippen molar-refractivity contribution in [3.05, 3.63) is 24.2 Å². The lowest BCUT2D eigenvalue weighted by molar-refractivity contribution is 0.215. The fraction of sp³-hybridized carbons (Fsp3) is 0.647. The van der Waals surface area contributed by atoms with Gasteiger partial charge in [0.1, 0.15) is 11.3 Å². The summed E-state index contributed by atoms with van der Waals surface area (Å²) in [6, 6.07) is 4.09. The third kappa shape index (κ3) is 2.42. The van der Waals surface area contributed by atoms with Gasteiger partial charge in [-0.25, -0.2) is 9.97 Å². The average molecular weight is 299 g/mol. The summed E-state index contributed by atoms with van der Waals surface area (Å²) in [6.45, 7) is 6.90. The van der Waals surface area contributed by atoms with Crippen LogP contribution in [-0.4, -0.2) is 45.6 Å². The van der Waals surface area contributed by atoms with Crippen LogP contribution >= 0.6 is 0 Å². The van der Waals surface area contributed by atoms with Crippen LogP contribution in [0.15, 0.2) is 18.3 Å². The molecule has 5 heteroatoms. The van der Waals surface area contributed by atoms with E-state index in [0.29, 0.717) is 12.1 Å². The van der Waals surface area contributed by atoms with Gasteiger partial charge in [0, 0.05) is 12.1 Å². The van der Waals surface area contributed by atoms with E-state index in [1.807, 2.05) is 12.3 Å². The molecule has 1 N–H and O–H groups in total. The van der Waals surface area contributed by atoms with E-state index in [1.54, 1.807) is 0 Å². The first-order valence-corrected chi connectivity index (χ1v) is 8.65. The van der Waals surface area contributed by atoms with Crippen molar-refractivity contribution in [3.63, 3.8) is 0 Å². The molecule has 5 nitrogen and oxygen atoms in total. The molecular weight excluding hydrogens is 274 g/mol. The zero-order valence-corrected chi connectivity index (χ0v) is 13.3. The average Bonchev–Trinajstić information content (AvgIpc) is 3.21. The van der Waals surface area contributed by atoms with Gasteiger partial charge in [-0.3, -0.25) is 9.88 Å². The molecule has 2 saturated heterocycles. The summed E-state index contributed by atoms with van der Waals surface area (Å²) >= 11 is 0. The molecule has 22 heavy (non-hydrogen) atoms. The van der Waals surface area contributed by atoms with E-state index in [2.05, 4.69) is 32.8 Å². The predicted molar refractivity (Wildman–Crippen MR) is 87.9 cm³/mol. The third-order valence-electron chi connectivity index (χ3n) is 5.22. The number of likely N-dealkylation sites (tertiary alicyclic amines) is 1. The molecule has 0 aliphatic carbocycles. The van der Waals surface area contributed by atoms with Crippen molar-refractivity contribution in [2.45, 2.75) is 44.7 Å². The Bertz CT molecular complexity index is 636. The van der Waals surface area contributed by atoms with E-state index in [4.69, 9.17) is 4.98 Å². The Hall–Kier alpha value is -1.46. The van der Waals surface area contributed by atoms with Gasteiger partial charge in [0.25, 0.3) is 0 Å². The molecule has 0 amide bonds. The van der Waals surface area contributed by atoms with Crippen LogP contribution in [0, 0.1) is 0 Å². The van der Waals surface area contributed by atoms with Crippen LogP contribution in [-0.2, 0) is 0 Å². The van der Waals surface area contributed by atoms with E-state index >= 15 is 0 Å². The summed E-state index contributed by atoms with van der Waals surface area (Å²) in [5.41, 5.74) is 2.10. The number of hydrogen-bond donors (Lipinski definition) is 1. The molecule has 1 unspecified atom stereocenters. The van der Waals surface area contributed by atoms with Gasteiger partial charge in [-0.1, -0.05) is 6.92 Å². The van der Waals surface area contributed by atoms with E-state index in [-0.39, 0.29) is 0 Å². The first-order chi connectivity index (χ1) is 10.9. The Morgan fingerprint density at radius 3 is 2.86 bits per heavy atom. The topological polar surface area (TPSA) is 46.0 Å². The van der Waals surface area contributed by atoms with Crippen LogP contribution in [0.5, 0.6) is 0 Å². The van der Waals surface area contributed by atoms with Gasteiger partial charge in [-0.15, -0.1) is 0 Å². The standard InChI is InChI=1S/C17H25N5/c1-2-21-11-7-13(8-12-21)16-20-14-5-3-10-19-17(14)22(16)15-6-4-9-18-15/h3,5,10,13,15,18H,2,4,6-9,11-12H2,1H3. The highest BCUT2D eigenvalue weighted by atomic mass is 15.3. The van der Waals surface area contributed by atoms with Gasteiger partial charge in [0.15, 0.2) is 5.65 Å². The molecular formula is C17H25N5. The van der Waals surface area contributed by atoms with Crippen LogP contribution in [0.3, 0.4) is 0 Å². The zero-order valence-electron chi connectivity index (χ0n) is 13.3. The maximum Gasteiger partial charge on any atom is 0.161 e. The number of pyridine rings is 1. The van der Waals surface area contributed by atoms with Gasteiger partial charge in [-0.05, 0) is 64.0 Å². The molecule has 4 rings (SSSR count). The second-order valence-corrected chi connectivity index (χ2v) is 6.51. The zero-order chi connectivity index (χ0) is 14.9. The number of rotatable bonds is 3. The number of imidazole rings is 1. The maximum absolute atomic E-state index is 4.97. The predicted octanol–water partition coefficient (Wildman–Crippen LogP) is 2.51. The van der Waals surface area contributed by atoms with Gasteiger partial charge in [0.05, 0.1) is 6.17 Å². The van der Waals surface area contributed by atoms with Crippen molar-refractivity contribution in [1.29, 1.82) is 0 Å². The Balaban J connectivity index is 1.71. The molecule has 118 valence electrons. The fourth-order valence-electron chi connectivity index (χ4n) is 3.94. The fourth-order valence-corrected chi connectivity index (χ4v) is 3.94. The molecule has 2 aliphatic heterocycles. The summed E-state index contributed by atoms with van der Waals surface area (Å²) < 4.78 is 2.40. The molecule has 0 saturated carbocycles. The van der Waals surface area contributed by atoms with Crippen molar-refractivity contribution in [2.24, 2.45) is 0 Å². The van der Waals surface area contributed by atoms with Crippen molar-refractivity contribution in [3.8, 4) is 0 Å². The largest absolute Gasteiger partial charge is 0.304 e. The number of hydrogen-bond acceptors (Lipinski definition) is 4. The van der Waals surface area contributed by atoms with E-state index in [1.165, 1.54) is 44.6 Å². The number of aromatic nitrogens is 3. The maximum atomic E-state index is 4.97. The molecule has 4 heterocycles. The summed E-state index contributed by atoms with van der Waals surface area (Å²) in [7, 11) is 0. The van der Waals surface area contributed by atoms with E-state index < -0.39 is 0 Å². The Labute approximate surface area is 131 Å². The van der Waals surface area contributed by atoms with Crippen LogP contribution < -0.4 is 5.32 Å². The number of fused-ring (bicyclic) bond motifs is 1. The SMILES string of the molecule is CCN1CCC(c2nc3cccnc3n2C2CCCN2)CC1. The minimum Gasteiger partial charge on any atom is -0.304 e. The first-order valence-electron chi connectivity index (χ1n) is 8.65. The Morgan fingerprint density at radius 1 is 1.27 bits per heavy atom. The second-order valence-electron chi connectivity index (χ2n) is 6.51. The summed E-state index contributed by atoms with van der Waals surface area (Å²) in [6.07, 6.45) is 7.11. The summed E-state index contributed by atoms with van der Waals surface area (Å²) in [5, 5.41) is 3.62. The highest BCUT2D eigenvalue weighted by molar-refractivity contribution is 5.71. The van der Waals surface area contributed by atoms with Crippen LogP contribution in [0.4, 0.5) is 0 Å². The number of piperidine rings is 1. The van der Waals surface area contributed by atoms with Crippen molar-refractivity contribution in [2.75, 3.05) is 26.2 Å². The molecule has 0 aromatic carbocycles. The Morgan fingerprint density at radius 2 is 2.14 bits per heavy atom. The van der Waals surface area contributed by atoms with Gasteiger partial charge in [0.2, 0.25) is 0 Å². The number of nitrogens with zero attached hydrogens (tertiary/aromatic N) is 4. The molecule has 0 bridgehead atoms. The molecule has 1 atom stereocenters. The van der Waals surface area contributed by atoms with Gasteiger partial charge in [-0.2, -0.15) is 0 Å². The third-order valence-corrected chi connectivity index (χ3v) is 5.22. The molecule has 0 spiro atoms. The molecule has 2 aromatic heterocycles. The highest BCUT2D eigenvalue weighted by Gasteiger charge is 2.29. The lowest BCUT2D eigenvalue weighted by Gasteiger charge is -2.31. The van der Waals surface area contributed by atoms with Crippen LogP contribution in [0.25, 0.3) is 11.2 Å². The van der Waals surface area contributed by atoms with Crippen LogP contribution in [0.2, 0.25) is 0 Å². The lowest BCUT2D eigenvalue weighted by Crippen LogP contribution is -2.34. The normalized spacial score (nSPS) is 24.3. The van der Waals surface area contributed by atoms with Crippen molar-refractivity contribution in [1.82, 2.24) is 24.8 Å². The number of nitrogens with one attached hydrogen (secondary N) is 1. The molecule has 2 aromatic rings. The molecule has 2 fully saturated rings. The minimum atomic E-state index is 0.374. The van der Waals surface area contributed by atoms with Crippen LogP contribution in [0.1, 0.15) is 50.5 Å². The first kappa shape index (κ1) is 14.2. The monoisotopic (exact) mass is 299 g/mol. The Kier molecular flexibility index (Phi) is 3.84. The smallest absolute Gasteiger partial charge is 0.161 e. The van der Waals surface area contributed by atoms with Gasteiger partial charge >= 0.3 is 0 Å². The summed E-state index contributed by atoms with van der Waals surface area (Å²) in [5.74, 6) is 1.82. The van der Waals surface area contributed by atoms with E-state index in [9.17, 15) is 0 Å². The van der Waals surface area contributed by atoms with Crippen molar-refractivity contribution < 1.29 is 0 Å². The van der Waals surface area contributed by atoms with Crippen molar-refractivity contribution >= 4 is 11.2 Å². The highest BCUT2D eigenvalue weighted by Crippen LogP contribution is 2.33. The molecule has 2 aliphatic rings. The quantitative estimate of drug-likeness (QED) is 0.946.